The van der Waals surface area contributed by atoms with Crippen LogP contribution in [0.4, 0.5) is 5.69 Å². The molecule has 1 unspecified atom stereocenters. The second-order valence-electron chi connectivity index (χ2n) is 4.40. The Morgan fingerprint density at radius 1 is 1.32 bits per heavy atom. The van der Waals surface area contributed by atoms with E-state index in [1.165, 1.54) is 31.2 Å². The van der Waals surface area contributed by atoms with Gasteiger partial charge in [-0.1, -0.05) is 0 Å². The molecule has 1 saturated heterocycles. The van der Waals surface area contributed by atoms with Crippen LogP contribution in [-0.2, 0) is 19.6 Å². The number of rotatable bonds is 3. The van der Waals surface area contributed by atoms with Gasteiger partial charge in [-0.05, 0) is 31.2 Å². The number of carbonyl (C=O) groups is 2. The summed E-state index contributed by atoms with van der Waals surface area (Å²) in [7, 11) is -3.63. The van der Waals surface area contributed by atoms with Crippen LogP contribution in [0.3, 0.4) is 0 Å². The van der Waals surface area contributed by atoms with Crippen LogP contribution >= 0.6 is 0 Å². The molecule has 0 aromatic heterocycles. The fourth-order valence-corrected chi connectivity index (χ4v) is 3.39. The Balaban J connectivity index is 2.22. The highest BCUT2D eigenvalue weighted by Gasteiger charge is 2.42. The molecule has 1 atom stereocenters. The Bertz CT molecular complexity index is 622. The Morgan fingerprint density at radius 2 is 1.89 bits per heavy atom. The second kappa shape index (κ2) is 4.75. The summed E-state index contributed by atoms with van der Waals surface area (Å²) in [5, 5.41) is 2.55. The lowest BCUT2D eigenvalue weighted by Gasteiger charge is -2.35. The van der Waals surface area contributed by atoms with E-state index < -0.39 is 16.1 Å². The van der Waals surface area contributed by atoms with E-state index >= 15 is 0 Å². The topological polar surface area (TPSA) is 83.6 Å². The van der Waals surface area contributed by atoms with Crippen LogP contribution in [0.2, 0.25) is 0 Å². The summed E-state index contributed by atoms with van der Waals surface area (Å²) in [5.74, 6) is -0.309. The molecule has 7 heteroatoms. The van der Waals surface area contributed by atoms with Crippen molar-refractivity contribution in [3.8, 4) is 0 Å². The van der Waals surface area contributed by atoms with Crippen LogP contribution in [-0.4, -0.2) is 37.0 Å². The predicted molar refractivity (Wildman–Crippen MR) is 69.1 cm³/mol. The molecule has 1 aromatic rings. The van der Waals surface area contributed by atoms with E-state index in [1.54, 1.807) is 6.92 Å². The molecule has 6 nitrogen and oxygen atoms in total. The maximum absolute atomic E-state index is 12.2. The summed E-state index contributed by atoms with van der Waals surface area (Å²) in [4.78, 5) is 22.1. The maximum Gasteiger partial charge on any atom is 0.244 e. The SMILES string of the molecule is CC(=O)Nc1ccc(S(=O)(=O)N2CC(=O)C2C)cc1. The molecule has 0 bridgehead atoms. The Morgan fingerprint density at radius 3 is 2.32 bits per heavy atom. The second-order valence-corrected chi connectivity index (χ2v) is 6.29. The molecule has 1 heterocycles. The van der Waals surface area contributed by atoms with Gasteiger partial charge in [0.25, 0.3) is 0 Å². The van der Waals surface area contributed by atoms with Gasteiger partial charge in [-0.15, -0.1) is 0 Å². The molecular weight excluding hydrogens is 268 g/mol. The first-order valence-corrected chi connectivity index (χ1v) is 7.18. The number of Topliss-reactive ketones (excluding diaryl/α,β-unsaturated/α-hetero) is 1. The minimum absolute atomic E-state index is 0.0725. The Kier molecular flexibility index (Phi) is 3.42. The standard InChI is InChI=1S/C12H14N2O4S/c1-8-12(16)7-14(8)19(17,18)11-5-3-10(4-6-11)13-9(2)15/h3-6,8H,7H2,1-2H3,(H,13,15). The summed E-state index contributed by atoms with van der Waals surface area (Å²) in [6, 6.07) is 5.26. The molecule has 2 rings (SSSR count). The van der Waals surface area contributed by atoms with E-state index in [-0.39, 0.29) is 23.1 Å². The van der Waals surface area contributed by atoms with Gasteiger partial charge in [-0.2, -0.15) is 4.31 Å². The molecule has 1 fully saturated rings. The molecule has 19 heavy (non-hydrogen) atoms. The number of benzene rings is 1. The molecule has 1 aliphatic heterocycles. The molecule has 0 saturated carbocycles. The largest absolute Gasteiger partial charge is 0.326 e. The van der Waals surface area contributed by atoms with Crippen molar-refractivity contribution in [1.29, 1.82) is 0 Å². The highest BCUT2D eigenvalue weighted by molar-refractivity contribution is 7.89. The van der Waals surface area contributed by atoms with Crippen molar-refractivity contribution in [2.75, 3.05) is 11.9 Å². The monoisotopic (exact) mass is 282 g/mol. The third-order valence-corrected chi connectivity index (χ3v) is 4.92. The predicted octanol–water partition coefficient (Wildman–Crippen LogP) is 0.607. The molecule has 0 aliphatic carbocycles. The van der Waals surface area contributed by atoms with E-state index in [0.29, 0.717) is 5.69 Å². The molecule has 1 amide bonds. The third kappa shape index (κ3) is 2.52. The maximum atomic E-state index is 12.2. The van der Waals surface area contributed by atoms with Gasteiger partial charge in [0.15, 0.2) is 5.78 Å². The lowest BCUT2D eigenvalue weighted by Crippen LogP contribution is -2.57. The van der Waals surface area contributed by atoms with Gasteiger partial charge in [0, 0.05) is 12.6 Å². The van der Waals surface area contributed by atoms with Crippen molar-refractivity contribution in [3.63, 3.8) is 0 Å². The molecule has 1 N–H and O–H groups in total. The summed E-state index contributed by atoms with van der Waals surface area (Å²) in [5.41, 5.74) is 0.527. The summed E-state index contributed by atoms with van der Waals surface area (Å²) in [6.07, 6.45) is 0. The Labute approximate surface area is 111 Å². The van der Waals surface area contributed by atoms with Gasteiger partial charge < -0.3 is 5.32 Å². The van der Waals surface area contributed by atoms with Crippen LogP contribution < -0.4 is 5.32 Å². The molecule has 1 aliphatic rings. The summed E-state index contributed by atoms with van der Waals surface area (Å²) < 4.78 is 25.5. The van der Waals surface area contributed by atoms with Gasteiger partial charge >= 0.3 is 0 Å². The first-order valence-electron chi connectivity index (χ1n) is 5.74. The van der Waals surface area contributed by atoms with Crippen molar-refractivity contribution in [3.05, 3.63) is 24.3 Å². The van der Waals surface area contributed by atoms with Gasteiger partial charge in [-0.3, -0.25) is 9.59 Å². The van der Waals surface area contributed by atoms with Crippen molar-refractivity contribution >= 4 is 27.4 Å². The summed E-state index contributed by atoms with van der Waals surface area (Å²) >= 11 is 0. The van der Waals surface area contributed by atoms with Crippen molar-refractivity contribution in [2.24, 2.45) is 0 Å². The average molecular weight is 282 g/mol. The van der Waals surface area contributed by atoms with E-state index in [9.17, 15) is 18.0 Å². The quantitative estimate of drug-likeness (QED) is 0.880. The van der Waals surface area contributed by atoms with Crippen LogP contribution in [0.15, 0.2) is 29.2 Å². The number of amides is 1. The fraction of sp³-hybridized carbons (Fsp3) is 0.333. The van der Waals surface area contributed by atoms with Gasteiger partial charge in [0.2, 0.25) is 15.9 Å². The zero-order valence-electron chi connectivity index (χ0n) is 10.6. The summed E-state index contributed by atoms with van der Waals surface area (Å²) in [6.45, 7) is 2.87. The number of sulfonamides is 1. The lowest BCUT2D eigenvalue weighted by atomic mass is 10.1. The molecule has 102 valence electrons. The van der Waals surface area contributed by atoms with Crippen molar-refractivity contribution in [2.45, 2.75) is 24.8 Å². The minimum atomic E-state index is -3.63. The lowest BCUT2D eigenvalue weighted by molar-refractivity contribution is -0.130. The van der Waals surface area contributed by atoms with Crippen LogP contribution in [0.1, 0.15) is 13.8 Å². The number of hydrogen-bond donors (Lipinski definition) is 1. The fourth-order valence-electron chi connectivity index (χ4n) is 1.81. The zero-order chi connectivity index (χ0) is 14.2. The first-order chi connectivity index (χ1) is 8.82. The van der Waals surface area contributed by atoms with Crippen molar-refractivity contribution < 1.29 is 18.0 Å². The molecule has 1 aromatic carbocycles. The number of hydrogen-bond acceptors (Lipinski definition) is 4. The smallest absolute Gasteiger partial charge is 0.244 e. The number of nitrogens with one attached hydrogen (secondary N) is 1. The number of anilines is 1. The van der Waals surface area contributed by atoms with Crippen LogP contribution in [0.5, 0.6) is 0 Å². The number of nitrogens with zero attached hydrogens (tertiary/aromatic N) is 1. The highest BCUT2D eigenvalue weighted by Crippen LogP contribution is 2.25. The first kappa shape index (κ1) is 13.7. The van der Waals surface area contributed by atoms with Gasteiger partial charge in [-0.25, -0.2) is 8.42 Å². The highest BCUT2D eigenvalue weighted by atomic mass is 32.2. The molecule has 0 spiro atoms. The minimum Gasteiger partial charge on any atom is -0.326 e. The van der Waals surface area contributed by atoms with Crippen molar-refractivity contribution in [1.82, 2.24) is 4.31 Å². The number of ketones is 1. The van der Waals surface area contributed by atoms with E-state index in [0.717, 1.165) is 4.31 Å². The molecule has 0 radical (unpaired) electrons. The van der Waals surface area contributed by atoms with E-state index in [2.05, 4.69) is 5.32 Å². The van der Waals surface area contributed by atoms with Crippen LogP contribution in [0.25, 0.3) is 0 Å². The number of carbonyl (C=O) groups excluding carboxylic acids is 2. The van der Waals surface area contributed by atoms with E-state index in [4.69, 9.17) is 0 Å². The zero-order valence-corrected chi connectivity index (χ0v) is 11.4. The third-order valence-electron chi connectivity index (χ3n) is 2.99. The average Bonchev–Trinajstić information content (AvgIpc) is 2.35. The van der Waals surface area contributed by atoms with Gasteiger partial charge in [0.1, 0.15) is 0 Å². The van der Waals surface area contributed by atoms with Gasteiger partial charge in [0.05, 0.1) is 17.5 Å². The van der Waals surface area contributed by atoms with Crippen LogP contribution in [0, 0.1) is 0 Å². The Hall–Kier alpha value is -1.73. The van der Waals surface area contributed by atoms with E-state index in [1.807, 2.05) is 0 Å². The molecular formula is C12H14N2O4S. The normalized spacial score (nSPS) is 19.9.